The van der Waals surface area contributed by atoms with Gasteiger partial charge in [-0.3, -0.25) is 4.98 Å². The number of nitrogens with zero attached hydrogens (tertiary/aromatic N) is 6. The van der Waals surface area contributed by atoms with Gasteiger partial charge in [0.05, 0.1) is 35.1 Å². The molecule has 3 heterocycles. The van der Waals surface area contributed by atoms with Crippen LogP contribution in [0.4, 0.5) is 5.82 Å². The van der Waals surface area contributed by atoms with Crippen LogP contribution in [-0.2, 0) is 11.2 Å². The van der Waals surface area contributed by atoms with Crippen molar-refractivity contribution in [2.24, 2.45) is 17.8 Å². The fourth-order valence-electron chi connectivity index (χ4n) is 5.20. The van der Waals surface area contributed by atoms with Crippen LogP contribution in [0.2, 0.25) is 0 Å². The van der Waals surface area contributed by atoms with Gasteiger partial charge >= 0.3 is 0 Å². The number of fused-ring (bicyclic) bond motifs is 2. The summed E-state index contributed by atoms with van der Waals surface area (Å²) in [6, 6.07) is 8.31. The van der Waals surface area contributed by atoms with Gasteiger partial charge in [0.2, 0.25) is 0 Å². The zero-order chi connectivity index (χ0) is 20.7. The molecule has 5 rings (SSSR count). The van der Waals surface area contributed by atoms with Crippen molar-refractivity contribution in [3.05, 3.63) is 42.4 Å². The zero-order valence-corrected chi connectivity index (χ0v) is 18.0. The van der Waals surface area contributed by atoms with Gasteiger partial charge in [0.15, 0.2) is 0 Å². The Labute approximate surface area is 177 Å². The van der Waals surface area contributed by atoms with E-state index in [1.165, 1.54) is 0 Å². The first-order valence-electron chi connectivity index (χ1n) is 11.0. The largest absolute Gasteiger partial charge is 0.379 e. The van der Waals surface area contributed by atoms with E-state index in [1.54, 1.807) is 0 Å². The molecule has 0 radical (unpaired) electrons. The van der Waals surface area contributed by atoms with Crippen molar-refractivity contribution in [2.45, 2.75) is 45.3 Å². The summed E-state index contributed by atoms with van der Waals surface area (Å²) in [6.45, 7) is 6.45. The normalized spacial score (nSPS) is 26.5. The number of anilines is 1. The van der Waals surface area contributed by atoms with E-state index in [1.807, 2.05) is 37.6 Å². The molecule has 3 aromatic rings. The fourth-order valence-corrected chi connectivity index (χ4v) is 5.20. The van der Waals surface area contributed by atoms with Gasteiger partial charge in [0.25, 0.3) is 0 Å². The Bertz CT molecular complexity index is 1020. The standard InChI is InChI=1S/C23H30N6O/c1-15(2)8-18-14-29(27-26-18)21-9-16-12-28(13-17(16)10-22(21)30-3)23-11-24-19-6-4-5-7-20(19)25-23/h4-7,11,14-17,21-22H,8-10,12-13H2,1-3H3/t16-,17+,21-,22-/m1/s1. The minimum Gasteiger partial charge on any atom is -0.379 e. The molecule has 4 atom stereocenters. The number of benzene rings is 1. The van der Waals surface area contributed by atoms with Gasteiger partial charge in [-0.2, -0.15) is 0 Å². The molecule has 0 N–H and O–H groups in total. The van der Waals surface area contributed by atoms with Crippen LogP contribution in [-0.4, -0.2) is 51.3 Å². The van der Waals surface area contributed by atoms with Crippen molar-refractivity contribution >= 4 is 16.9 Å². The van der Waals surface area contributed by atoms with Crippen molar-refractivity contribution in [3.63, 3.8) is 0 Å². The predicted octanol–water partition coefficient (Wildman–Crippen LogP) is 3.52. The molecule has 2 aliphatic rings. The lowest BCUT2D eigenvalue weighted by atomic mass is 9.77. The van der Waals surface area contributed by atoms with E-state index in [9.17, 15) is 0 Å². The van der Waals surface area contributed by atoms with Crippen molar-refractivity contribution in [1.29, 1.82) is 0 Å². The third-order valence-electron chi connectivity index (χ3n) is 6.66. The quantitative estimate of drug-likeness (QED) is 0.646. The highest BCUT2D eigenvalue weighted by Crippen LogP contribution is 2.43. The molecule has 0 spiro atoms. The third kappa shape index (κ3) is 3.67. The van der Waals surface area contributed by atoms with Gasteiger partial charge in [-0.25, -0.2) is 9.67 Å². The van der Waals surface area contributed by atoms with E-state index in [4.69, 9.17) is 9.72 Å². The van der Waals surface area contributed by atoms with E-state index < -0.39 is 0 Å². The Morgan fingerprint density at radius 2 is 1.87 bits per heavy atom. The molecule has 0 unspecified atom stereocenters. The molecule has 0 bridgehead atoms. The summed E-state index contributed by atoms with van der Waals surface area (Å²) in [4.78, 5) is 11.9. The minimum absolute atomic E-state index is 0.169. The molecule has 1 aromatic carbocycles. The highest BCUT2D eigenvalue weighted by Gasteiger charge is 2.44. The number of hydrogen-bond acceptors (Lipinski definition) is 6. The summed E-state index contributed by atoms with van der Waals surface area (Å²) in [5.41, 5.74) is 2.97. The second-order valence-corrected chi connectivity index (χ2v) is 9.24. The summed E-state index contributed by atoms with van der Waals surface area (Å²) in [5.74, 6) is 2.77. The van der Waals surface area contributed by atoms with Gasteiger partial charge in [-0.05, 0) is 49.1 Å². The molecule has 1 aliphatic carbocycles. The Hall–Kier alpha value is -2.54. The third-order valence-corrected chi connectivity index (χ3v) is 6.66. The van der Waals surface area contributed by atoms with Crippen LogP contribution in [0.3, 0.4) is 0 Å². The highest BCUT2D eigenvalue weighted by molar-refractivity contribution is 5.75. The minimum atomic E-state index is 0.169. The van der Waals surface area contributed by atoms with Crippen LogP contribution < -0.4 is 4.90 Å². The predicted molar refractivity (Wildman–Crippen MR) is 116 cm³/mol. The molecule has 1 saturated carbocycles. The van der Waals surface area contributed by atoms with E-state index in [2.05, 4.69) is 44.9 Å². The smallest absolute Gasteiger partial charge is 0.147 e. The Morgan fingerprint density at radius 1 is 1.10 bits per heavy atom. The number of methoxy groups -OCH3 is 1. The summed E-state index contributed by atoms with van der Waals surface area (Å²) < 4.78 is 7.98. The SMILES string of the molecule is CO[C@@H]1C[C@H]2CN(c3cnc4ccccc4n3)C[C@H]2C[C@H]1n1cc(CC(C)C)nn1. The monoisotopic (exact) mass is 406 g/mol. The van der Waals surface area contributed by atoms with E-state index in [-0.39, 0.29) is 12.1 Å². The molecule has 0 amide bonds. The van der Waals surface area contributed by atoms with Crippen LogP contribution in [0.25, 0.3) is 11.0 Å². The number of ether oxygens (including phenoxy) is 1. The van der Waals surface area contributed by atoms with Gasteiger partial charge < -0.3 is 9.64 Å². The Kier molecular flexibility index (Phi) is 5.15. The summed E-state index contributed by atoms with van der Waals surface area (Å²) in [7, 11) is 1.82. The van der Waals surface area contributed by atoms with Crippen LogP contribution >= 0.6 is 0 Å². The van der Waals surface area contributed by atoms with Gasteiger partial charge in [-0.1, -0.05) is 31.2 Å². The number of para-hydroxylation sites is 2. The number of rotatable bonds is 5. The second kappa shape index (κ2) is 7.95. The molecule has 30 heavy (non-hydrogen) atoms. The fraction of sp³-hybridized carbons (Fsp3) is 0.565. The van der Waals surface area contributed by atoms with Crippen LogP contribution in [0.5, 0.6) is 0 Å². The molecule has 2 aromatic heterocycles. The second-order valence-electron chi connectivity index (χ2n) is 9.24. The summed E-state index contributed by atoms with van der Waals surface area (Å²) in [5, 5.41) is 8.87. The van der Waals surface area contributed by atoms with E-state index in [0.29, 0.717) is 17.8 Å². The molecule has 7 heteroatoms. The van der Waals surface area contributed by atoms with Gasteiger partial charge in [0, 0.05) is 26.4 Å². The van der Waals surface area contributed by atoms with Gasteiger partial charge in [-0.15, -0.1) is 5.10 Å². The lowest BCUT2D eigenvalue weighted by Gasteiger charge is -2.36. The maximum Gasteiger partial charge on any atom is 0.147 e. The maximum absolute atomic E-state index is 5.92. The molecule has 158 valence electrons. The van der Waals surface area contributed by atoms with Crippen LogP contribution in [0.1, 0.15) is 38.4 Å². The van der Waals surface area contributed by atoms with Crippen molar-refractivity contribution in [1.82, 2.24) is 25.0 Å². The van der Waals surface area contributed by atoms with Crippen molar-refractivity contribution in [3.8, 4) is 0 Å². The first-order chi connectivity index (χ1) is 14.6. The molecule has 7 nitrogen and oxygen atoms in total. The Morgan fingerprint density at radius 3 is 2.63 bits per heavy atom. The van der Waals surface area contributed by atoms with Crippen LogP contribution in [0, 0.1) is 17.8 Å². The topological polar surface area (TPSA) is 69.0 Å². The van der Waals surface area contributed by atoms with E-state index in [0.717, 1.165) is 54.9 Å². The molecule has 2 fully saturated rings. The van der Waals surface area contributed by atoms with Crippen molar-refractivity contribution in [2.75, 3.05) is 25.1 Å². The lowest BCUT2D eigenvalue weighted by Crippen LogP contribution is -2.37. The van der Waals surface area contributed by atoms with Gasteiger partial charge in [0.1, 0.15) is 5.82 Å². The average molecular weight is 407 g/mol. The summed E-state index contributed by atoms with van der Waals surface area (Å²) >= 11 is 0. The first-order valence-corrected chi connectivity index (χ1v) is 11.0. The molecule has 1 aliphatic heterocycles. The lowest BCUT2D eigenvalue weighted by molar-refractivity contribution is -0.00542. The highest BCUT2D eigenvalue weighted by atomic mass is 16.5. The Balaban J connectivity index is 1.34. The number of hydrogen-bond donors (Lipinski definition) is 0. The van der Waals surface area contributed by atoms with Crippen molar-refractivity contribution < 1.29 is 4.74 Å². The molecular formula is C23H30N6O. The van der Waals surface area contributed by atoms with Crippen LogP contribution in [0.15, 0.2) is 36.7 Å². The average Bonchev–Trinajstić information content (AvgIpc) is 3.38. The van der Waals surface area contributed by atoms with E-state index >= 15 is 0 Å². The zero-order valence-electron chi connectivity index (χ0n) is 18.0. The summed E-state index contributed by atoms with van der Waals surface area (Å²) in [6.07, 6.45) is 7.28. The first kappa shape index (κ1) is 19.4. The molecular weight excluding hydrogens is 376 g/mol. The molecule has 1 saturated heterocycles. The maximum atomic E-state index is 5.92. The number of aromatic nitrogens is 5.